The van der Waals surface area contributed by atoms with E-state index in [9.17, 15) is 40.7 Å². The Labute approximate surface area is 285 Å². The minimum Gasteiger partial charge on any atom is -0.366 e. The number of aromatic nitrogens is 4. The predicted molar refractivity (Wildman–Crippen MR) is 165 cm³/mol. The zero-order valence-electron chi connectivity index (χ0n) is 25.9. The summed E-state index contributed by atoms with van der Waals surface area (Å²) in [7, 11) is 0. The summed E-state index contributed by atoms with van der Waals surface area (Å²) in [4.78, 5) is 46.1. The fraction of sp³-hybridized carbons (Fsp3) is 0.250. The first-order valence-electron chi connectivity index (χ1n) is 14.8. The molecule has 0 fully saturated rings. The summed E-state index contributed by atoms with van der Waals surface area (Å²) >= 11 is 0.812. The molecule has 266 valence electrons. The third kappa shape index (κ3) is 6.72. The number of halogens is 8. The lowest BCUT2D eigenvalue weighted by molar-refractivity contribution is -0.142. The van der Waals surface area contributed by atoms with E-state index in [0.29, 0.717) is 6.07 Å². The number of alkyl halides is 5. The summed E-state index contributed by atoms with van der Waals surface area (Å²) in [5, 5.41) is 5.62. The van der Waals surface area contributed by atoms with E-state index in [1.165, 1.54) is 12.1 Å². The van der Waals surface area contributed by atoms with Crippen LogP contribution >= 0.6 is 11.3 Å². The van der Waals surface area contributed by atoms with E-state index < -0.39 is 101 Å². The van der Waals surface area contributed by atoms with Crippen LogP contribution in [0.2, 0.25) is 0 Å². The molecule has 0 saturated heterocycles. The summed E-state index contributed by atoms with van der Waals surface area (Å²) in [6.07, 6.45) is -6.22. The molecule has 1 unspecified atom stereocenters. The SMILES string of the molecule is C[C@@H]1Cc2c(C(F)(F)F)nn(CC(=O)NC(Cc3cc(F)cc(F)c3)c3nc4nc(C(N)=O)sc4cc3-c3ccc(F)c(C(N)=O)c3)c2C1(F)F. The van der Waals surface area contributed by atoms with Crippen LogP contribution in [0.25, 0.3) is 21.5 Å². The first-order chi connectivity index (χ1) is 23.8. The van der Waals surface area contributed by atoms with Crippen molar-refractivity contribution in [3.63, 3.8) is 0 Å². The van der Waals surface area contributed by atoms with Crippen LogP contribution in [-0.2, 0) is 36.3 Å². The van der Waals surface area contributed by atoms with Crippen molar-refractivity contribution >= 4 is 39.4 Å². The quantitative estimate of drug-likeness (QED) is 0.168. The van der Waals surface area contributed by atoms with Crippen molar-refractivity contribution in [3.05, 3.63) is 98.7 Å². The van der Waals surface area contributed by atoms with Gasteiger partial charge in [0.2, 0.25) is 5.91 Å². The second-order valence-electron chi connectivity index (χ2n) is 11.8. The summed E-state index contributed by atoms with van der Waals surface area (Å²) in [6.45, 7) is -0.0829. The van der Waals surface area contributed by atoms with Gasteiger partial charge in [-0.15, -0.1) is 11.3 Å². The minimum atomic E-state index is -5.11. The standard InChI is InChI=1S/C32H23F8N7O3S/c1-12-4-19-25(32(38,39)40)46-47(26(19)31(12,36)37)11-23(48)43-21(7-13-5-15(33)9-16(34)6-13)24-17(14-2-3-20(35)18(8-14)27(41)49)10-22-29(44-24)45-30(51-22)28(42)50/h2-3,5-6,8-10,12,21H,4,7,11H2,1H3,(H2,41,49)(H2,42,50)(H,43,48)/t12-,21?/m1/s1. The van der Waals surface area contributed by atoms with Gasteiger partial charge < -0.3 is 16.8 Å². The van der Waals surface area contributed by atoms with Crippen molar-refractivity contribution in [1.29, 1.82) is 0 Å². The number of carbonyl (C=O) groups excluding carboxylic acids is 3. The first-order valence-corrected chi connectivity index (χ1v) is 15.7. The summed E-state index contributed by atoms with van der Waals surface area (Å²) in [5.74, 6) is -11.5. The second-order valence-corrected chi connectivity index (χ2v) is 12.9. The highest BCUT2D eigenvalue weighted by Crippen LogP contribution is 2.49. The maximum absolute atomic E-state index is 15.2. The van der Waals surface area contributed by atoms with Crippen molar-refractivity contribution < 1.29 is 49.5 Å². The van der Waals surface area contributed by atoms with Gasteiger partial charge in [-0.1, -0.05) is 13.0 Å². The molecule has 0 bridgehead atoms. The van der Waals surface area contributed by atoms with E-state index in [-0.39, 0.29) is 42.4 Å². The molecule has 19 heteroatoms. The van der Waals surface area contributed by atoms with Gasteiger partial charge in [0, 0.05) is 23.1 Å². The molecular formula is C32H23F8N7O3S. The Balaban J connectivity index is 1.50. The van der Waals surface area contributed by atoms with Gasteiger partial charge in [0.25, 0.3) is 17.7 Å². The van der Waals surface area contributed by atoms with Crippen LogP contribution in [-0.4, -0.2) is 37.5 Å². The molecule has 2 aromatic carbocycles. The van der Waals surface area contributed by atoms with Crippen molar-refractivity contribution in [2.24, 2.45) is 17.4 Å². The Kier molecular flexibility index (Phi) is 8.81. The number of amides is 3. The number of benzene rings is 2. The number of nitrogens with one attached hydrogen (secondary N) is 1. The Morgan fingerprint density at radius 1 is 1.02 bits per heavy atom. The number of carbonyl (C=O) groups is 3. The lowest BCUT2D eigenvalue weighted by Gasteiger charge is -2.23. The van der Waals surface area contributed by atoms with Crippen LogP contribution in [0.4, 0.5) is 35.1 Å². The van der Waals surface area contributed by atoms with E-state index in [0.717, 1.165) is 42.5 Å². The molecule has 10 nitrogen and oxygen atoms in total. The molecule has 3 amide bonds. The Hall–Kier alpha value is -5.46. The van der Waals surface area contributed by atoms with Crippen molar-refractivity contribution in [2.75, 3.05) is 0 Å². The molecule has 5 N–H and O–H groups in total. The predicted octanol–water partition coefficient (Wildman–Crippen LogP) is 5.57. The third-order valence-electron chi connectivity index (χ3n) is 8.25. The maximum Gasteiger partial charge on any atom is 0.435 e. The first kappa shape index (κ1) is 35.4. The number of pyridine rings is 1. The number of rotatable bonds is 9. The largest absolute Gasteiger partial charge is 0.435 e. The van der Waals surface area contributed by atoms with Crippen molar-refractivity contribution in [3.8, 4) is 11.1 Å². The lowest BCUT2D eigenvalue weighted by Crippen LogP contribution is -2.35. The highest BCUT2D eigenvalue weighted by Gasteiger charge is 2.54. The number of hydrogen-bond donors (Lipinski definition) is 3. The van der Waals surface area contributed by atoms with Gasteiger partial charge >= 0.3 is 6.18 Å². The molecule has 0 radical (unpaired) electrons. The number of nitrogens with two attached hydrogens (primary N) is 2. The molecule has 1 aliphatic rings. The van der Waals surface area contributed by atoms with Crippen molar-refractivity contribution in [1.82, 2.24) is 25.1 Å². The molecule has 0 saturated carbocycles. The van der Waals surface area contributed by atoms with Crippen LogP contribution in [0.5, 0.6) is 0 Å². The number of thiazole rings is 1. The van der Waals surface area contributed by atoms with Gasteiger partial charge in [0.05, 0.1) is 22.0 Å². The second kappa shape index (κ2) is 12.7. The van der Waals surface area contributed by atoms with Crippen molar-refractivity contribution in [2.45, 2.75) is 44.5 Å². The van der Waals surface area contributed by atoms with Crippen LogP contribution in [0.1, 0.15) is 61.3 Å². The van der Waals surface area contributed by atoms with Gasteiger partial charge in [0.15, 0.2) is 16.3 Å². The summed E-state index contributed by atoms with van der Waals surface area (Å²) < 4.78 is 115. The zero-order valence-corrected chi connectivity index (χ0v) is 26.7. The molecule has 0 aliphatic heterocycles. The molecule has 51 heavy (non-hydrogen) atoms. The van der Waals surface area contributed by atoms with Crippen LogP contribution in [0.15, 0.2) is 42.5 Å². The lowest BCUT2D eigenvalue weighted by atomic mass is 9.94. The molecule has 5 aromatic rings. The van der Waals surface area contributed by atoms with Crippen LogP contribution < -0.4 is 16.8 Å². The highest BCUT2D eigenvalue weighted by atomic mass is 32.1. The Bertz CT molecular complexity index is 2230. The van der Waals surface area contributed by atoms with Gasteiger partial charge in [-0.3, -0.25) is 19.1 Å². The average molecular weight is 738 g/mol. The highest BCUT2D eigenvalue weighted by molar-refractivity contribution is 7.20. The molecule has 2 atom stereocenters. The van der Waals surface area contributed by atoms with Gasteiger partial charge in [-0.05, 0) is 54.3 Å². The molecule has 3 aromatic heterocycles. The maximum atomic E-state index is 15.2. The van der Waals surface area contributed by atoms with Gasteiger partial charge in [0.1, 0.15) is 29.7 Å². The van der Waals surface area contributed by atoms with E-state index in [1.807, 2.05) is 0 Å². The monoisotopic (exact) mass is 737 g/mol. The minimum absolute atomic E-state index is 0.0571. The van der Waals surface area contributed by atoms with Gasteiger partial charge in [-0.25, -0.2) is 23.1 Å². The normalized spacial score (nSPS) is 15.9. The summed E-state index contributed by atoms with van der Waals surface area (Å²) in [5.41, 5.74) is 6.64. The number of nitrogens with zero attached hydrogens (tertiary/aromatic N) is 4. The Morgan fingerprint density at radius 3 is 2.33 bits per heavy atom. The van der Waals surface area contributed by atoms with Crippen LogP contribution in [0, 0.1) is 23.4 Å². The molecular weight excluding hydrogens is 714 g/mol. The van der Waals surface area contributed by atoms with E-state index >= 15 is 8.78 Å². The summed E-state index contributed by atoms with van der Waals surface area (Å²) in [6, 6.07) is 5.58. The van der Waals surface area contributed by atoms with E-state index in [2.05, 4.69) is 20.4 Å². The fourth-order valence-corrected chi connectivity index (χ4v) is 6.79. The average Bonchev–Trinajstić information content (AvgIpc) is 3.67. The molecule has 1 aliphatic carbocycles. The number of primary amides is 2. The zero-order chi connectivity index (χ0) is 37.2. The topological polar surface area (TPSA) is 159 Å². The van der Waals surface area contributed by atoms with Gasteiger partial charge in [-0.2, -0.15) is 27.1 Å². The van der Waals surface area contributed by atoms with E-state index in [1.54, 1.807) is 0 Å². The number of fused-ring (bicyclic) bond motifs is 2. The molecule has 0 spiro atoms. The molecule has 3 heterocycles. The molecule has 6 rings (SSSR count). The van der Waals surface area contributed by atoms with Crippen LogP contribution in [0.3, 0.4) is 0 Å². The fourth-order valence-electron chi connectivity index (χ4n) is 5.99. The Morgan fingerprint density at radius 2 is 1.71 bits per heavy atom. The van der Waals surface area contributed by atoms with E-state index in [4.69, 9.17) is 11.5 Å². The third-order valence-corrected chi connectivity index (χ3v) is 9.26. The smallest absolute Gasteiger partial charge is 0.366 e. The number of hydrogen-bond acceptors (Lipinski definition) is 7.